The van der Waals surface area contributed by atoms with Crippen LogP contribution >= 0.6 is 24.0 Å². The van der Waals surface area contributed by atoms with E-state index >= 15 is 0 Å². The lowest BCUT2D eigenvalue weighted by Crippen LogP contribution is -2.44. The van der Waals surface area contributed by atoms with E-state index in [0.29, 0.717) is 5.96 Å². The summed E-state index contributed by atoms with van der Waals surface area (Å²) in [6.07, 6.45) is 4.05. The van der Waals surface area contributed by atoms with E-state index in [9.17, 15) is 0 Å². The number of ether oxygens (including phenoxy) is 1. The molecule has 0 spiro atoms. The molecule has 2 rings (SSSR count). The van der Waals surface area contributed by atoms with Gasteiger partial charge in [0.15, 0.2) is 5.96 Å². The number of hydrogen-bond acceptors (Lipinski definition) is 2. The highest BCUT2D eigenvalue weighted by Gasteiger charge is 2.33. The molecule has 0 amide bonds. The molecule has 1 saturated heterocycles. The smallest absolute Gasteiger partial charge is 0.188 e. The lowest BCUT2D eigenvalue weighted by Gasteiger charge is -2.36. The summed E-state index contributed by atoms with van der Waals surface area (Å²) in [5.41, 5.74) is 6.01. The van der Waals surface area contributed by atoms with Gasteiger partial charge in [-0.2, -0.15) is 0 Å². The minimum absolute atomic E-state index is 0. The number of rotatable bonds is 4. The normalized spacial score (nSPS) is 23.9. The van der Waals surface area contributed by atoms with Crippen LogP contribution in [0.3, 0.4) is 0 Å². The Bertz CT molecular complexity index is 250. The molecule has 5 heteroatoms. The summed E-state index contributed by atoms with van der Waals surface area (Å²) < 4.78 is 5.16. The summed E-state index contributed by atoms with van der Waals surface area (Å²) in [5, 5.41) is 3.19. The van der Waals surface area contributed by atoms with Gasteiger partial charge in [0, 0.05) is 12.0 Å². The quantitative estimate of drug-likeness (QED) is 0.462. The first-order valence-electron chi connectivity index (χ1n) is 5.79. The third kappa shape index (κ3) is 3.76. The van der Waals surface area contributed by atoms with Crippen LogP contribution in [0, 0.1) is 11.3 Å². The number of aliphatic imine (C=N–C) groups is 1. The van der Waals surface area contributed by atoms with Crippen molar-refractivity contribution in [2.45, 2.75) is 26.2 Å². The van der Waals surface area contributed by atoms with Crippen molar-refractivity contribution in [2.75, 3.05) is 26.3 Å². The second-order valence-corrected chi connectivity index (χ2v) is 5.18. The molecule has 0 aromatic heterocycles. The predicted octanol–water partition coefficient (Wildman–Crippen LogP) is 1.35. The Morgan fingerprint density at radius 2 is 2.19 bits per heavy atom. The van der Waals surface area contributed by atoms with Gasteiger partial charge in [0.1, 0.15) is 0 Å². The average molecular weight is 339 g/mol. The average Bonchev–Trinajstić information content (AvgIpc) is 2.09. The fourth-order valence-electron chi connectivity index (χ4n) is 1.82. The van der Waals surface area contributed by atoms with Crippen LogP contribution in [0.2, 0.25) is 0 Å². The van der Waals surface area contributed by atoms with Crippen molar-refractivity contribution in [3.63, 3.8) is 0 Å². The van der Waals surface area contributed by atoms with Crippen LogP contribution in [0.5, 0.6) is 0 Å². The van der Waals surface area contributed by atoms with Gasteiger partial charge in [0.2, 0.25) is 0 Å². The fourth-order valence-corrected chi connectivity index (χ4v) is 1.82. The lowest BCUT2D eigenvalue weighted by molar-refractivity contribution is -0.0945. The van der Waals surface area contributed by atoms with Crippen molar-refractivity contribution in [3.05, 3.63) is 0 Å². The van der Waals surface area contributed by atoms with E-state index in [4.69, 9.17) is 10.5 Å². The Morgan fingerprint density at radius 1 is 1.50 bits per heavy atom. The summed E-state index contributed by atoms with van der Waals surface area (Å²) in [4.78, 5) is 4.35. The third-order valence-electron chi connectivity index (χ3n) is 3.33. The molecule has 0 radical (unpaired) electrons. The van der Waals surface area contributed by atoms with E-state index in [-0.39, 0.29) is 29.4 Å². The van der Waals surface area contributed by atoms with Crippen LogP contribution in [0.15, 0.2) is 4.99 Å². The molecule has 16 heavy (non-hydrogen) atoms. The van der Waals surface area contributed by atoms with Gasteiger partial charge in [-0.25, -0.2) is 0 Å². The first kappa shape index (κ1) is 14.0. The number of guanidine groups is 1. The third-order valence-corrected chi connectivity index (χ3v) is 3.33. The first-order valence-corrected chi connectivity index (χ1v) is 5.79. The molecule has 94 valence electrons. The zero-order chi connectivity index (χ0) is 10.7. The largest absolute Gasteiger partial charge is 0.380 e. The van der Waals surface area contributed by atoms with Crippen molar-refractivity contribution >= 4 is 29.9 Å². The predicted molar refractivity (Wildman–Crippen MR) is 76.2 cm³/mol. The first-order chi connectivity index (χ1) is 7.18. The highest BCUT2D eigenvalue weighted by Crippen LogP contribution is 2.26. The number of nitrogens with two attached hydrogens (primary N) is 1. The standard InChI is InChI=1S/C11H21N3O.HI/c1-11(7-15-8-11)6-14-10(12)13-5-9-3-2-4-9;/h9H,2-8H2,1H3,(H3,12,13,14);1H. The maximum absolute atomic E-state index is 5.78. The van der Waals surface area contributed by atoms with Crippen molar-refractivity contribution < 1.29 is 4.74 Å². The van der Waals surface area contributed by atoms with E-state index in [1.165, 1.54) is 19.3 Å². The van der Waals surface area contributed by atoms with Crippen molar-refractivity contribution in [1.29, 1.82) is 0 Å². The molecule has 0 bridgehead atoms. The van der Waals surface area contributed by atoms with Crippen LogP contribution in [0.4, 0.5) is 0 Å². The van der Waals surface area contributed by atoms with E-state index in [1.807, 2.05) is 0 Å². The SMILES string of the molecule is CC1(CN=C(N)NCC2CCC2)COC1.I. The van der Waals surface area contributed by atoms with Gasteiger partial charge in [-0.3, -0.25) is 4.99 Å². The zero-order valence-electron chi connectivity index (χ0n) is 9.87. The Kier molecular flexibility index (Phi) is 5.30. The number of nitrogens with zero attached hydrogens (tertiary/aromatic N) is 1. The molecule has 3 N–H and O–H groups in total. The Hall–Kier alpha value is -0.0400. The monoisotopic (exact) mass is 339 g/mol. The molecule has 0 aromatic carbocycles. The summed E-state index contributed by atoms with van der Waals surface area (Å²) in [5.74, 6) is 1.41. The minimum Gasteiger partial charge on any atom is -0.380 e. The van der Waals surface area contributed by atoms with Crippen LogP contribution < -0.4 is 11.1 Å². The van der Waals surface area contributed by atoms with Crippen molar-refractivity contribution in [1.82, 2.24) is 5.32 Å². The van der Waals surface area contributed by atoms with Gasteiger partial charge in [-0.05, 0) is 18.8 Å². The van der Waals surface area contributed by atoms with Crippen LogP contribution in [0.25, 0.3) is 0 Å². The molecule has 1 saturated carbocycles. The second kappa shape index (κ2) is 6.05. The lowest BCUT2D eigenvalue weighted by atomic mass is 9.85. The highest BCUT2D eigenvalue weighted by molar-refractivity contribution is 14.0. The van der Waals surface area contributed by atoms with Crippen LogP contribution in [0.1, 0.15) is 26.2 Å². The van der Waals surface area contributed by atoms with E-state index in [2.05, 4.69) is 17.2 Å². The molecule has 0 atom stereocenters. The summed E-state index contributed by atoms with van der Waals surface area (Å²) >= 11 is 0. The van der Waals surface area contributed by atoms with E-state index < -0.39 is 0 Å². The topological polar surface area (TPSA) is 59.6 Å². The number of hydrogen-bond donors (Lipinski definition) is 2. The number of nitrogens with one attached hydrogen (secondary N) is 1. The fraction of sp³-hybridized carbons (Fsp3) is 0.909. The van der Waals surface area contributed by atoms with Gasteiger partial charge >= 0.3 is 0 Å². The Balaban J connectivity index is 0.00000128. The zero-order valence-corrected chi connectivity index (χ0v) is 12.2. The molecule has 4 nitrogen and oxygen atoms in total. The van der Waals surface area contributed by atoms with Gasteiger partial charge in [0.25, 0.3) is 0 Å². The van der Waals surface area contributed by atoms with Gasteiger partial charge < -0.3 is 15.8 Å². The molecule has 1 aliphatic heterocycles. The molecule has 2 aliphatic rings. The van der Waals surface area contributed by atoms with Gasteiger partial charge in [0.05, 0.1) is 19.8 Å². The van der Waals surface area contributed by atoms with Crippen LogP contribution in [-0.2, 0) is 4.74 Å². The molecule has 0 unspecified atom stereocenters. The summed E-state index contributed by atoms with van der Waals surface area (Å²) in [7, 11) is 0. The molecule has 0 aromatic rings. The Morgan fingerprint density at radius 3 is 2.62 bits per heavy atom. The van der Waals surface area contributed by atoms with E-state index in [1.54, 1.807) is 0 Å². The highest BCUT2D eigenvalue weighted by atomic mass is 127. The summed E-state index contributed by atoms with van der Waals surface area (Å²) in [6.45, 7) is 5.57. The molecule has 1 aliphatic carbocycles. The number of halogens is 1. The van der Waals surface area contributed by atoms with E-state index in [0.717, 1.165) is 32.2 Å². The molecular formula is C11H22IN3O. The van der Waals surface area contributed by atoms with Crippen molar-refractivity contribution in [3.8, 4) is 0 Å². The van der Waals surface area contributed by atoms with Gasteiger partial charge in [-0.1, -0.05) is 13.3 Å². The molecular weight excluding hydrogens is 317 g/mol. The maximum atomic E-state index is 5.78. The van der Waals surface area contributed by atoms with Crippen molar-refractivity contribution in [2.24, 2.45) is 22.1 Å². The summed E-state index contributed by atoms with van der Waals surface area (Å²) in [6, 6.07) is 0. The van der Waals surface area contributed by atoms with Gasteiger partial charge in [-0.15, -0.1) is 24.0 Å². The maximum Gasteiger partial charge on any atom is 0.188 e. The molecule has 1 heterocycles. The van der Waals surface area contributed by atoms with Crippen LogP contribution in [-0.4, -0.2) is 32.3 Å². The molecule has 2 fully saturated rings. The Labute approximate surface area is 114 Å². The second-order valence-electron chi connectivity index (χ2n) is 5.18. The minimum atomic E-state index is 0.